The molecule has 94 valence electrons. The molecule has 1 aliphatic carbocycles. The van der Waals surface area contributed by atoms with Gasteiger partial charge in [0, 0.05) is 12.1 Å². The van der Waals surface area contributed by atoms with E-state index in [2.05, 4.69) is 11.4 Å². The molecule has 3 heteroatoms. The van der Waals surface area contributed by atoms with Gasteiger partial charge in [-0.25, -0.2) is 0 Å². The average Bonchev–Trinajstić information content (AvgIpc) is 2.89. The predicted octanol–water partition coefficient (Wildman–Crippen LogP) is 3.37. The molecule has 1 fully saturated rings. The molecule has 0 heterocycles. The molecular weight excluding hydrogens is 224 g/mol. The first-order valence-electron chi connectivity index (χ1n) is 6.52. The van der Waals surface area contributed by atoms with Crippen LogP contribution < -0.4 is 5.32 Å². The largest absolute Gasteiger partial charge is 0.326 e. The van der Waals surface area contributed by atoms with Gasteiger partial charge < -0.3 is 5.32 Å². The molecule has 0 bridgehead atoms. The first kappa shape index (κ1) is 12.6. The van der Waals surface area contributed by atoms with Crippen LogP contribution in [0.2, 0.25) is 0 Å². The monoisotopic (exact) mass is 242 g/mol. The van der Waals surface area contributed by atoms with Crippen LogP contribution in [0.1, 0.15) is 44.6 Å². The van der Waals surface area contributed by atoms with Crippen molar-refractivity contribution in [2.45, 2.75) is 44.4 Å². The van der Waals surface area contributed by atoms with Gasteiger partial charge in [-0.2, -0.15) is 5.26 Å². The first-order valence-corrected chi connectivity index (χ1v) is 6.52. The molecule has 0 aliphatic heterocycles. The summed E-state index contributed by atoms with van der Waals surface area (Å²) in [5.74, 6) is 0.0126. The van der Waals surface area contributed by atoms with Crippen LogP contribution in [-0.2, 0) is 10.2 Å². The zero-order chi connectivity index (χ0) is 13.0. The molecule has 1 aliphatic rings. The fourth-order valence-corrected chi connectivity index (χ4v) is 2.57. The van der Waals surface area contributed by atoms with E-state index < -0.39 is 0 Å². The fourth-order valence-electron chi connectivity index (χ4n) is 2.57. The van der Waals surface area contributed by atoms with E-state index in [-0.39, 0.29) is 11.3 Å². The molecule has 1 saturated carbocycles. The van der Waals surface area contributed by atoms with Crippen LogP contribution in [-0.4, -0.2) is 5.91 Å². The quantitative estimate of drug-likeness (QED) is 0.883. The van der Waals surface area contributed by atoms with Gasteiger partial charge in [-0.05, 0) is 30.5 Å². The molecule has 2 rings (SSSR count). The van der Waals surface area contributed by atoms with E-state index in [0.29, 0.717) is 6.42 Å². The minimum Gasteiger partial charge on any atom is -0.326 e. The molecule has 0 aromatic heterocycles. The van der Waals surface area contributed by atoms with E-state index in [0.717, 1.165) is 36.9 Å². The molecular formula is C15H18N2O. The lowest BCUT2D eigenvalue weighted by molar-refractivity contribution is -0.115. The van der Waals surface area contributed by atoms with Crippen LogP contribution in [0.25, 0.3) is 0 Å². The number of amides is 1. The third-order valence-electron chi connectivity index (χ3n) is 3.71. The van der Waals surface area contributed by atoms with Crippen molar-refractivity contribution in [1.82, 2.24) is 0 Å². The maximum Gasteiger partial charge on any atom is 0.224 e. The minimum absolute atomic E-state index is 0.0126. The maximum atomic E-state index is 11.3. The Balaban J connectivity index is 2.17. The third kappa shape index (κ3) is 2.38. The minimum atomic E-state index is -0.298. The number of carbonyl (C=O) groups excluding carboxylic acids is 1. The molecule has 3 nitrogen and oxygen atoms in total. The number of benzene rings is 1. The smallest absolute Gasteiger partial charge is 0.224 e. The van der Waals surface area contributed by atoms with Crippen molar-refractivity contribution in [2.75, 3.05) is 5.32 Å². The molecule has 0 unspecified atom stereocenters. The number of nitrogens with one attached hydrogen (secondary N) is 1. The van der Waals surface area contributed by atoms with Crippen molar-refractivity contribution in [3.8, 4) is 6.07 Å². The molecule has 0 spiro atoms. The Labute approximate surface area is 108 Å². The molecule has 0 atom stereocenters. The third-order valence-corrected chi connectivity index (χ3v) is 3.71. The Morgan fingerprint density at radius 2 is 1.94 bits per heavy atom. The van der Waals surface area contributed by atoms with E-state index in [1.54, 1.807) is 0 Å². The summed E-state index contributed by atoms with van der Waals surface area (Å²) in [5.41, 5.74) is 1.58. The SMILES string of the molecule is CCC(=O)Nc1ccc(C2(C#N)CCCC2)cc1. The van der Waals surface area contributed by atoms with Gasteiger partial charge in [0.2, 0.25) is 5.91 Å². The highest BCUT2D eigenvalue weighted by molar-refractivity contribution is 5.90. The molecule has 1 aromatic rings. The normalized spacial score (nSPS) is 17.1. The fraction of sp³-hybridized carbons (Fsp3) is 0.467. The van der Waals surface area contributed by atoms with Crippen molar-refractivity contribution in [2.24, 2.45) is 0 Å². The summed E-state index contributed by atoms with van der Waals surface area (Å²) in [6, 6.07) is 10.2. The average molecular weight is 242 g/mol. The van der Waals surface area contributed by atoms with Crippen molar-refractivity contribution in [3.63, 3.8) is 0 Å². The van der Waals surface area contributed by atoms with Gasteiger partial charge in [-0.3, -0.25) is 4.79 Å². The van der Waals surface area contributed by atoms with Crippen molar-refractivity contribution >= 4 is 11.6 Å². The van der Waals surface area contributed by atoms with Crippen molar-refractivity contribution in [3.05, 3.63) is 29.8 Å². The van der Waals surface area contributed by atoms with Crippen LogP contribution in [0, 0.1) is 11.3 Å². The molecule has 1 amide bonds. The lowest BCUT2D eigenvalue weighted by Crippen LogP contribution is -2.19. The lowest BCUT2D eigenvalue weighted by Gasteiger charge is -2.20. The summed E-state index contributed by atoms with van der Waals surface area (Å²) >= 11 is 0. The Hall–Kier alpha value is -1.82. The van der Waals surface area contributed by atoms with Gasteiger partial charge in [0.15, 0.2) is 0 Å². The summed E-state index contributed by atoms with van der Waals surface area (Å²) < 4.78 is 0. The van der Waals surface area contributed by atoms with Gasteiger partial charge in [-0.15, -0.1) is 0 Å². The zero-order valence-corrected chi connectivity index (χ0v) is 10.7. The number of hydrogen-bond donors (Lipinski definition) is 1. The maximum absolute atomic E-state index is 11.3. The van der Waals surface area contributed by atoms with Gasteiger partial charge >= 0.3 is 0 Å². The molecule has 0 radical (unpaired) electrons. The molecule has 1 N–H and O–H groups in total. The standard InChI is InChI=1S/C15H18N2O/c1-2-14(18)17-13-7-5-12(6-8-13)15(11-16)9-3-4-10-15/h5-8H,2-4,9-10H2,1H3,(H,17,18). The molecule has 1 aromatic carbocycles. The molecule has 0 saturated heterocycles. The van der Waals surface area contributed by atoms with E-state index in [1.807, 2.05) is 31.2 Å². The molecule has 18 heavy (non-hydrogen) atoms. The summed E-state index contributed by atoms with van der Waals surface area (Å²) in [6.45, 7) is 1.83. The number of hydrogen-bond acceptors (Lipinski definition) is 2. The van der Waals surface area contributed by atoms with Crippen molar-refractivity contribution in [1.29, 1.82) is 5.26 Å². The summed E-state index contributed by atoms with van der Waals surface area (Å²) in [4.78, 5) is 11.3. The highest BCUT2D eigenvalue weighted by atomic mass is 16.1. The van der Waals surface area contributed by atoms with E-state index in [9.17, 15) is 10.1 Å². The van der Waals surface area contributed by atoms with E-state index in [4.69, 9.17) is 0 Å². The van der Waals surface area contributed by atoms with E-state index >= 15 is 0 Å². The zero-order valence-electron chi connectivity index (χ0n) is 10.7. The van der Waals surface area contributed by atoms with Gasteiger partial charge in [0.05, 0.1) is 11.5 Å². The lowest BCUT2D eigenvalue weighted by atomic mass is 9.80. The first-order chi connectivity index (χ1) is 8.70. The summed E-state index contributed by atoms with van der Waals surface area (Å²) in [7, 11) is 0. The number of carbonyl (C=O) groups is 1. The highest BCUT2D eigenvalue weighted by Crippen LogP contribution is 2.40. The van der Waals surface area contributed by atoms with Crippen LogP contribution in [0.15, 0.2) is 24.3 Å². The van der Waals surface area contributed by atoms with Gasteiger partial charge in [-0.1, -0.05) is 31.9 Å². The van der Waals surface area contributed by atoms with Gasteiger partial charge in [0.1, 0.15) is 0 Å². The number of anilines is 1. The number of nitrogens with zero attached hydrogens (tertiary/aromatic N) is 1. The van der Waals surface area contributed by atoms with Crippen LogP contribution in [0.5, 0.6) is 0 Å². The Morgan fingerprint density at radius 3 is 2.44 bits per heavy atom. The Morgan fingerprint density at radius 1 is 1.33 bits per heavy atom. The van der Waals surface area contributed by atoms with Crippen LogP contribution in [0.4, 0.5) is 5.69 Å². The topological polar surface area (TPSA) is 52.9 Å². The number of nitriles is 1. The summed E-state index contributed by atoms with van der Waals surface area (Å²) in [5, 5.41) is 12.2. The van der Waals surface area contributed by atoms with Crippen molar-refractivity contribution < 1.29 is 4.79 Å². The number of rotatable bonds is 3. The highest BCUT2D eigenvalue weighted by Gasteiger charge is 2.35. The summed E-state index contributed by atoms with van der Waals surface area (Å²) in [6.07, 6.45) is 4.63. The Bertz CT molecular complexity index is 464. The predicted molar refractivity (Wildman–Crippen MR) is 71.1 cm³/mol. The second-order valence-electron chi connectivity index (χ2n) is 4.88. The van der Waals surface area contributed by atoms with Crippen LogP contribution in [0.3, 0.4) is 0 Å². The van der Waals surface area contributed by atoms with Gasteiger partial charge in [0.25, 0.3) is 0 Å². The van der Waals surface area contributed by atoms with E-state index in [1.165, 1.54) is 0 Å². The second-order valence-corrected chi connectivity index (χ2v) is 4.88. The Kier molecular flexibility index (Phi) is 3.66. The second kappa shape index (κ2) is 5.22. The van der Waals surface area contributed by atoms with Crippen LogP contribution >= 0.6 is 0 Å².